The van der Waals surface area contributed by atoms with Crippen molar-refractivity contribution >= 4 is 16.0 Å². The first-order valence-corrected chi connectivity index (χ1v) is 11.1. The standard InChI is InChI=1S/C19H32N4O3S/c1-5-19(6-2)16(12-17(19)26-7-3)23-18(21-4)22-13-14-9-8-10-15(11-14)27(20,24)25/h8-11,16-17H,5-7,12-13H2,1-4H3,(H2,20,24,25)(H2,21,22,23). The van der Waals surface area contributed by atoms with Crippen molar-refractivity contribution in [1.82, 2.24) is 10.6 Å². The number of sulfonamides is 1. The van der Waals surface area contributed by atoms with E-state index in [2.05, 4.69) is 29.5 Å². The second-order valence-corrected chi connectivity index (χ2v) is 8.50. The molecule has 1 saturated carbocycles. The molecule has 0 saturated heterocycles. The smallest absolute Gasteiger partial charge is 0.238 e. The number of ether oxygens (including phenoxy) is 1. The zero-order valence-corrected chi connectivity index (χ0v) is 17.5. The Morgan fingerprint density at radius 2 is 2.04 bits per heavy atom. The summed E-state index contributed by atoms with van der Waals surface area (Å²) < 4.78 is 28.9. The van der Waals surface area contributed by atoms with Crippen LogP contribution in [0.2, 0.25) is 0 Å². The summed E-state index contributed by atoms with van der Waals surface area (Å²) in [6.07, 6.45) is 3.31. The normalized spacial score (nSPS) is 22.2. The molecule has 8 heteroatoms. The summed E-state index contributed by atoms with van der Waals surface area (Å²) in [6, 6.07) is 6.90. The van der Waals surface area contributed by atoms with Gasteiger partial charge in [-0.1, -0.05) is 26.0 Å². The van der Waals surface area contributed by atoms with Crippen molar-refractivity contribution < 1.29 is 13.2 Å². The predicted octanol–water partition coefficient (Wildman–Crippen LogP) is 1.98. The Morgan fingerprint density at radius 3 is 2.59 bits per heavy atom. The molecule has 2 atom stereocenters. The van der Waals surface area contributed by atoms with E-state index < -0.39 is 10.0 Å². The topological polar surface area (TPSA) is 106 Å². The fourth-order valence-corrected chi connectivity index (χ4v) is 4.55. The number of rotatable bonds is 8. The Balaban J connectivity index is 2.01. The lowest BCUT2D eigenvalue weighted by Crippen LogP contribution is -2.65. The van der Waals surface area contributed by atoms with Crippen LogP contribution in [-0.2, 0) is 21.3 Å². The number of nitrogens with two attached hydrogens (primary N) is 1. The van der Waals surface area contributed by atoms with Crippen molar-refractivity contribution in [2.24, 2.45) is 15.5 Å². The average molecular weight is 397 g/mol. The van der Waals surface area contributed by atoms with Crippen molar-refractivity contribution in [3.05, 3.63) is 29.8 Å². The van der Waals surface area contributed by atoms with Gasteiger partial charge in [0.15, 0.2) is 5.96 Å². The summed E-state index contributed by atoms with van der Waals surface area (Å²) in [6.45, 7) is 7.63. The highest BCUT2D eigenvalue weighted by Gasteiger charge is 2.53. The zero-order valence-electron chi connectivity index (χ0n) is 16.7. The first kappa shape index (κ1) is 21.7. The highest BCUT2D eigenvalue weighted by atomic mass is 32.2. The molecule has 7 nitrogen and oxygen atoms in total. The van der Waals surface area contributed by atoms with Gasteiger partial charge in [0.05, 0.1) is 11.0 Å². The number of benzene rings is 1. The molecule has 1 aromatic rings. The van der Waals surface area contributed by atoms with Crippen LogP contribution in [0.5, 0.6) is 0 Å². The van der Waals surface area contributed by atoms with Crippen LogP contribution < -0.4 is 15.8 Å². The maximum Gasteiger partial charge on any atom is 0.238 e. The summed E-state index contributed by atoms with van der Waals surface area (Å²) in [4.78, 5) is 4.42. The highest BCUT2D eigenvalue weighted by molar-refractivity contribution is 7.89. The van der Waals surface area contributed by atoms with E-state index in [1.54, 1.807) is 19.2 Å². The molecule has 0 bridgehead atoms. The molecular weight excluding hydrogens is 364 g/mol. The molecule has 2 unspecified atom stereocenters. The molecule has 4 N–H and O–H groups in total. The van der Waals surface area contributed by atoms with Crippen LogP contribution in [0, 0.1) is 5.41 Å². The largest absolute Gasteiger partial charge is 0.378 e. The molecule has 1 aromatic carbocycles. The number of hydrogen-bond donors (Lipinski definition) is 3. The summed E-state index contributed by atoms with van der Waals surface area (Å²) in [7, 11) is -1.97. The van der Waals surface area contributed by atoms with Crippen LogP contribution in [0.4, 0.5) is 0 Å². The summed E-state index contributed by atoms with van der Waals surface area (Å²) in [5, 5.41) is 12.0. The second kappa shape index (κ2) is 9.03. The van der Waals surface area contributed by atoms with Gasteiger partial charge in [-0.25, -0.2) is 13.6 Å². The van der Waals surface area contributed by atoms with Gasteiger partial charge in [0, 0.05) is 31.7 Å². The summed E-state index contributed by atoms with van der Waals surface area (Å²) in [5.74, 6) is 0.697. The van der Waals surface area contributed by atoms with Crippen LogP contribution in [0.1, 0.15) is 45.6 Å². The molecule has 0 radical (unpaired) electrons. The molecule has 0 amide bonds. The van der Waals surface area contributed by atoms with Gasteiger partial charge in [-0.15, -0.1) is 0 Å². The quantitative estimate of drug-likeness (QED) is 0.460. The molecule has 1 aliphatic rings. The molecule has 0 aliphatic heterocycles. The first-order chi connectivity index (χ1) is 12.8. The Kier molecular flexibility index (Phi) is 7.25. The van der Waals surface area contributed by atoms with Crippen molar-refractivity contribution in [2.75, 3.05) is 13.7 Å². The van der Waals surface area contributed by atoms with Crippen LogP contribution in [0.25, 0.3) is 0 Å². The monoisotopic (exact) mass is 396 g/mol. The fraction of sp³-hybridized carbons (Fsp3) is 0.632. The third-order valence-corrected chi connectivity index (χ3v) is 6.60. The third kappa shape index (κ3) is 4.80. The highest BCUT2D eigenvalue weighted by Crippen LogP contribution is 2.48. The molecule has 1 aliphatic carbocycles. The van der Waals surface area contributed by atoms with Crippen LogP contribution in [0.15, 0.2) is 34.2 Å². The van der Waals surface area contributed by atoms with Crippen molar-refractivity contribution in [1.29, 1.82) is 0 Å². The van der Waals surface area contributed by atoms with Gasteiger partial charge in [-0.2, -0.15) is 0 Å². The minimum Gasteiger partial charge on any atom is -0.378 e. The van der Waals surface area contributed by atoms with Crippen molar-refractivity contribution in [3.63, 3.8) is 0 Å². The van der Waals surface area contributed by atoms with E-state index in [0.29, 0.717) is 18.5 Å². The molecule has 2 rings (SSSR count). The van der Waals surface area contributed by atoms with Crippen molar-refractivity contribution in [3.8, 4) is 0 Å². The van der Waals surface area contributed by atoms with Gasteiger partial charge in [-0.05, 0) is 43.9 Å². The van der Waals surface area contributed by atoms with E-state index in [1.165, 1.54) is 6.07 Å². The van der Waals surface area contributed by atoms with Crippen LogP contribution in [0.3, 0.4) is 0 Å². The van der Waals surface area contributed by atoms with E-state index in [-0.39, 0.29) is 16.4 Å². The van der Waals surface area contributed by atoms with Gasteiger partial charge >= 0.3 is 0 Å². The Morgan fingerprint density at radius 1 is 1.33 bits per heavy atom. The SMILES string of the molecule is CCOC1CC(NC(=NC)NCc2cccc(S(N)(=O)=O)c2)C1(CC)CC. The Hall–Kier alpha value is -1.64. The molecule has 1 fully saturated rings. The van der Waals surface area contributed by atoms with Gasteiger partial charge in [0.25, 0.3) is 0 Å². The van der Waals surface area contributed by atoms with Gasteiger partial charge in [0.1, 0.15) is 0 Å². The maximum atomic E-state index is 11.5. The van der Waals surface area contributed by atoms with E-state index >= 15 is 0 Å². The average Bonchev–Trinajstić information content (AvgIpc) is 2.64. The number of primary sulfonamides is 1. The minimum atomic E-state index is -3.70. The lowest BCUT2D eigenvalue weighted by atomic mass is 9.58. The van der Waals surface area contributed by atoms with E-state index in [1.807, 2.05) is 13.0 Å². The third-order valence-electron chi connectivity index (χ3n) is 5.69. The van der Waals surface area contributed by atoms with Gasteiger partial charge in [-0.3, -0.25) is 4.99 Å². The fourth-order valence-electron chi connectivity index (χ4n) is 3.96. The number of nitrogens with zero attached hydrogens (tertiary/aromatic N) is 1. The number of aliphatic imine (C=N–C) groups is 1. The van der Waals surface area contributed by atoms with Crippen molar-refractivity contribution in [2.45, 2.75) is 63.6 Å². The van der Waals surface area contributed by atoms with Gasteiger partial charge < -0.3 is 15.4 Å². The number of hydrogen-bond acceptors (Lipinski definition) is 4. The van der Waals surface area contributed by atoms with Crippen LogP contribution >= 0.6 is 0 Å². The van der Waals surface area contributed by atoms with Gasteiger partial charge in [0.2, 0.25) is 10.0 Å². The molecule has 0 aromatic heterocycles. The Labute approximate surface area is 162 Å². The summed E-state index contributed by atoms with van der Waals surface area (Å²) >= 11 is 0. The lowest BCUT2D eigenvalue weighted by Gasteiger charge is -2.55. The van der Waals surface area contributed by atoms with E-state index in [4.69, 9.17) is 9.88 Å². The van der Waals surface area contributed by atoms with E-state index in [0.717, 1.165) is 31.4 Å². The van der Waals surface area contributed by atoms with E-state index in [9.17, 15) is 8.42 Å². The zero-order chi connectivity index (χ0) is 20.1. The predicted molar refractivity (Wildman–Crippen MR) is 108 cm³/mol. The lowest BCUT2D eigenvalue weighted by molar-refractivity contribution is -0.133. The molecule has 27 heavy (non-hydrogen) atoms. The number of nitrogens with one attached hydrogen (secondary N) is 2. The Bertz CT molecular complexity index is 760. The van der Waals surface area contributed by atoms with Crippen LogP contribution in [-0.4, -0.2) is 40.2 Å². The number of guanidine groups is 1. The molecule has 0 heterocycles. The molecule has 152 valence electrons. The molecule has 0 spiro atoms. The minimum absolute atomic E-state index is 0.110. The maximum absolute atomic E-state index is 11.5. The first-order valence-electron chi connectivity index (χ1n) is 9.51. The second-order valence-electron chi connectivity index (χ2n) is 6.94. The summed E-state index contributed by atoms with van der Waals surface area (Å²) in [5.41, 5.74) is 0.934. The molecular formula is C19H32N4O3S.